The van der Waals surface area contributed by atoms with Crippen molar-refractivity contribution >= 4 is 46.1 Å². The van der Waals surface area contributed by atoms with E-state index >= 15 is 0 Å². The summed E-state index contributed by atoms with van der Waals surface area (Å²) in [6, 6.07) is 1.70. The summed E-state index contributed by atoms with van der Waals surface area (Å²) in [6.07, 6.45) is 0. The van der Waals surface area contributed by atoms with Crippen LogP contribution >= 0.6 is 35.2 Å². The number of likely N-dealkylation sites (N-methyl/N-ethyl adjacent to an activating group) is 1. The number of hydrogen-bond donors (Lipinski definition) is 1. The lowest BCUT2D eigenvalue weighted by molar-refractivity contribution is 0.0793. The summed E-state index contributed by atoms with van der Waals surface area (Å²) >= 11 is 12.0. The standard InChI is InChI=1S/C9H11ClN2OS2/c1-2-12(5-7(11)14)9(13)8-6(10)3-4-15-8/h3-4H,2,5H2,1H3,(H2,11,14). The fourth-order valence-electron chi connectivity index (χ4n) is 1.11. The normalized spacial score (nSPS) is 10.0. The molecule has 0 saturated carbocycles. The van der Waals surface area contributed by atoms with Gasteiger partial charge in [-0.2, -0.15) is 0 Å². The van der Waals surface area contributed by atoms with Gasteiger partial charge in [-0.25, -0.2) is 0 Å². The summed E-state index contributed by atoms with van der Waals surface area (Å²) in [5.74, 6) is -0.120. The lowest BCUT2D eigenvalue weighted by Crippen LogP contribution is -2.37. The molecule has 2 N–H and O–H groups in total. The molecule has 0 radical (unpaired) electrons. The van der Waals surface area contributed by atoms with Crippen molar-refractivity contribution in [3.05, 3.63) is 21.3 Å². The highest BCUT2D eigenvalue weighted by Gasteiger charge is 2.18. The quantitative estimate of drug-likeness (QED) is 0.846. The van der Waals surface area contributed by atoms with Crippen molar-refractivity contribution in [3.8, 4) is 0 Å². The molecule has 0 bridgehead atoms. The lowest BCUT2D eigenvalue weighted by atomic mass is 10.3. The second-order valence-electron chi connectivity index (χ2n) is 2.88. The molecule has 1 heterocycles. The van der Waals surface area contributed by atoms with E-state index in [1.165, 1.54) is 11.3 Å². The number of rotatable bonds is 4. The van der Waals surface area contributed by atoms with Crippen LogP contribution in [0.15, 0.2) is 11.4 Å². The number of halogens is 1. The van der Waals surface area contributed by atoms with Crippen LogP contribution in [-0.4, -0.2) is 28.9 Å². The Morgan fingerprint density at radius 3 is 2.80 bits per heavy atom. The van der Waals surface area contributed by atoms with Crippen molar-refractivity contribution in [1.82, 2.24) is 4.90 Å². The topological polar surface area (TPSA) is 46.3 Å². The summed E-state index contributed by atoms with van der Waals surface area (Å²) < 4.78 is 0. The second kappa shape index (κ2) is 5.44. The van der Waals surface area contributed by atoms with Gasteiger partial charge in [0.25, 0.3) is 5.91 Å². The third-order valence-electron chi connectivity index (χ3n) is 1.83. The van der Waals surface area contributed by atoms with Crippen LogP contribution in [-0.2, 0) is 0 Å². The predicted octanol–water partition coefficient (Wildman–Crippen LogP) is 2.15. The lowest BCUT2D eigenvalue weighted by Gasteiger charge is -2.19. The number of nitrogens with two attached hydrogens (primary N) is 1. The van der Waals surface area contributed by atoms with E-state index in [1.54, 1.807) is 16.3 Å². The van der Waals surface area contributed by atoms with Gasteiger partial charge >= 0.3 is 0 Å². The zero-order valence-electron chi connectivity index (χ0n) is 8.20. The van der Waals surface area contributed by atoms with E-state index in [1.807, 2.05) is 6.92 Å². The van der Waals surface area contributed by atoms with E-state index in [-0.39, 0.29) is 5.91 Å². The predicted molar refractivity (Wildman–Crippen MR) is 67.7 cm³/mol. The number of carbonyl (C=O) groups excluding carboxylic acids is 1. The molecule has 1 aromatic heterocycles. The zero-order valence-corrected chi connectivity index (χ0v) is 10.6. The van der Waals surface area contributed by atoms with Crippen molar-refractivity contribution in [1.29, 1.82) is 0 Å². The Hall–Kier alpha value is -0.650. The molecule has 6 heteroatoms. The maximum absolute atomic E-state index is 11.9. The van der Waals surface area contributed by atoms with Gasteiger partial charge in [-0.3, -0.25) is 4.79 Å². The van der Waals surface area contributed by atoms with E-state index in [0.29, 0.717) is 28.0 Å². The minimum atomic E-state index is -0.120. The van der Waals surface area contributed by atoms with Crippen molar-refractivity contribution in [2.45, 2.75) is 6.92 Å². The summed E-state index contributed by atoms with van der Waals surface area (Å²) in [5, 5.41) is 2.26. The fourth-order valence-corrected chi connectivity index (χ4v) is 2.36. The summed E-state index contributed by atoms with van der Waals surface area (Å²) in [7, 11) is 0. The fraction of sp³-hybridized carbons (Fsp3) is 0.333. The van der Waals surface area contributed by atoms with Crippen LogP contribution in [0.4, 0.5) is 0 Å². The van der Waals surface area contributed by atoms with E-state index in [0.717, 1.165) is 0 Å². The van der Waals surface area contributed by atoms with Gasteiger partial charge in [0.2, 0.25) is 0 Å². The first kappa shape index (κ1) is 12.4. The summed E-state index contributed by atoms with van der Waals surface area (Å²) in [6.45, 7) is 2.72. The van der Waals surface area contributed by atoms with Crippen LogP contribution < -0.4 is 5.73 Å². The van der Waals surface area contributed by atoms with Gasteiger partial charge in [-0.1, -0.05) is 23.8 Å². The molecule has 0 aromatic carbocycles. The van der Waals surface area contributed by atoms with Crippen LogP contribution in [0.3, 0.4) is 0 Å². The molecule has 0 aliphatic carbocycles. The molecule has 0 spiro atoms. The van der Waals surface area contributed by atoms with E-state index < -0.39 is 0 Å². The Bertz CT molecular complexity index is 378. The second-order valence-corrected chi connectivity index (χ2v) is 4.73. The molecule has 1 amide bonds. The van der Waals surface area contributed by atoms with Crippen molar-refractivity contribution < 1.29 is 4.79 Å². The highest BCUT2D eigenvalue weighted by molar-refractivity contribution is 7.80. The van der Waals surface area contributed by atoms with Crippen LogP contribution in [0.2, 0.25) is 5.02 Å². The molecule has 82 valence electrons. The first-order valence-electron chi connectivity index (χ1n) is 4.36. The highest BCUT2D eigenvalue weighted by Crippen LogP contribution is 2.23. The number of thiophene rings is 1. The van der Waals surface area contributed by atoms with Gasteiger partial charge < -0.3 is 10.6 Å². The third-order valence-corrected chi connectivity index (χ3v) is 3.29. The summed E-state index contributed by atoms with van der Waals surface area (Å²) in [4.78, 5) is 14.3. The SMILES string of the molecule is CCN(CC(N)=S)C(=O)c1sccc1Cl. The molecule has 15 heavy (non-hydrogen) atoms. The number of amides is 1. The Morgan fingerprint density at radius 1 is 1.73 bits per heavy atom. The van der Waals surface area contributed by atoms with Crippen LogP contribution in [0.25, 0.3) is 0 Å². The average Bonchev–Trinajstić information content (AvgIpc) is 2.59. The van der Waals surface area contributed by atoms with Crippen LogP contribution in [0.1, 0.15) is 16.6 Å². The van der Waals surface area contributed by atoms with Gasteiger partial charge in [0.15, 0.2) is 0 Å². The Labute approximate surface area is 103 Å². The Kier molecular flexibility index (Phi) is 4.50. The first-order chi connectivity index (χ1) is 7.06. The van der Waals surface area contributed by atoms with Gasteiger partial charge in [-0.05, 0) is 18.4 Å². The minimum absolute atomic E-state index is 0.120. The van der Waals surface area contributed by atoms with Gasteiger partial charge in [0, 0.05) is 6.54 Å². The van der Waals surface area contributed by atoms with Crippen molar-refractivity contribution in [3.63, 3.8) is 0 Å². The van der Waals surface area contributed by atoms with Gasteiger partial charge in [-0.15, -0.1) is 11.3 Å². The van der Waals surface area contributed by atoms with E-state index in [2.05, 4.69) is 0 Å². The molecule has 0 unspecified atom stereocenters. The van der Waals surface area contributed by atoms with E-state index in [4.69, 9.17) is 29.6 Å². The molecule has 0 fully saturated rings. The molecule has 0 saturated heterocycles. The van der Waals surface area contributed by atoms with Gasteiger partial charge in [0.1, 0.15) is 4.88 Å². The van der Waals surface area contributed by atoms with Crippen LogP contribution in [0, 0.1) is 0 Å². The molecule has 0 atom stereocenters. The molecule has 1 aromatic rings. The molecule has 1 rings (SSSR count). The number of nitrogens with zero attached hydrogens (tertiary/aromatic N) is 1. The molecule has 3 nitrogen and oxygen atoms in total. The largest absolute Gasteiger partial charge is 0.392 e. The Balaban J connectivity index is 2.82. The molecule has 0 aliphatic heterocycles. The number of carbonyl (C=O) groups is 1. The maximum Gasteiger partial charge on any atom is 0.265 e. The van der Waals surface area contributed by atoms with Crippen LogP contribution in [0.5, 0.6) is 0 Å². The number of hydrogen-bond acceptors (Lipinski definition) is 3. The maximum atomic E-state index is 11.9. The third kappa shape index (κ3) is 3.15. The zero-order chi connectivity index (χ0) is 11.4. The first-order valence-corrected chi connectivity index (χ1v) is 6.03. The van der Waals surface area contributed by atoms with Gasteiger partial charge in [0.05, 0.1) is 16.6 Å². The Morgan fingerprint density at radius 2 is 2.40 bits per heavy atom. The van der Waals surface area contributed by atoms with Crippen molar-refractivity contribution in [2.75, 3.05) is 13.1 Å². The average molecular weight is 263 g/mol. The minimum Gasteiger partial charge on any atom is -0.392 e. The highest BCUT2D eigenvalue weighted by atomic mass is 35.5. The monoisotopic (exact) mass is 262 g/mol. The smallest absolute Gasteiger partial charge is 0.265 e. The molecule has 0 aliphatic rings. The number of thiocarbonyl (C=S) groups is 1. The summed E-state index contributed by atoms with van der Waals surface area (Å²) in [5.41, 5.74) is 5.41. The van der Waals surface area contributed by atoms with Crippen molar-refractivity contribution in [2.24, 2.45) is 5.73 Å². The molecular weight excluding hydrogens is 252 g/mol. The molecular formula is C9H11ClN2OS2. The van der Waals surface area contributed by atoms with E-state index in [9.17, 15) is 4.79 Å².